The van der Waals surface area contributed by atoms with Gasteiger partial charge in [0.15, 0.2) is 6.73 Å². The Morgan fingerprint density at radius 2 is 2.36 bits per heavy atom. The molecule has 1 aromatic heterocycles. The zero-order valence-electron chi connectivity index (χ0n) is 6.02. The molecule has 0 amide bonds. The smallest absolute Gasteiger partial charge is 0.325 e. The van der Waals surface area contributed by atoms with Crippen molar-refractivity contribution in [1.29, 1.82) is 0 Å². The van der Waals surface area contributed by atoms with Crippen molar-refractivity contribution in [2.45, 2.75) is 13.7 Å². The van der Waals surface area contributed by atoms with Crippen molar-refractivity contribution in [3.05, 3.63) is 27.9 Å². The molecule has 0 radical (unpaired) electrons. The van der Waals surface area contributed by atoms with Crippen LogP contribution in [-0.2, 0) is 6.73 Å². The monoisotopic (exact) mass is 156 g/mol. The number of nitro groups is 1. The predicted octanol–water partition coefficient (Wildman–Crippen LogP) is 0.655. The van der Waals surface area contributed by atoms with Crippen molar-refractivity contribution in [2.24, 2.45) is 0 Å². The van der Waals surface area contributed by atoms with Gasteiger partial charge < -0.3 is 15.2 Å². The minimum Gasteiger partial charge on any atom is -0.358 e. The summed E-state index contributed by atoms with van der Waals surface area (Å²) in [6.45, 7) is 1.35. The number of aromatic nitrogens is 1. The lowest BCUT2D eigenvalue weighted by atomic mass is 10.5. The van der Waals surface area contributed by atoms with Gasteiger partial charge in [-0.3, -0.25) is 0 Å². The highest BCUT2D eigenvalue weighted by atomic mass is 16.6. The maximum absolute atomic E-state index is 10.3. The van der Waals surface area contributed by atoms with Gasteiger partial charge in [-0.15, -0.1) is 0 Å². The normalized spacial score (nSPS) is 10.0. The standard InChI is InChI=1S/C6H8N2O3/c1-5-2-3-6(8(10)11)7(5)4-9/h2-3,9H,4H2,1H3. The molecule has 0 bridgehead atoms. The maximum Gasteiger partial charge on any atom is 0.325 e. The molecule has 0 saturated carbocycles. The molecule has 5 heteroatoms. The number of rotatable bonds is 2. The third-order valence-corrected chi connectivity index (χ3v) is 1.50. The second kappa shape index (κ2) is 2.71. The topological polar surface area (TPSA) is 68.3 Å². The van der Waals surface area contributed by atoms with Gasteiger partial charge in [-0.1, -0.05) is 0 Å². The van der Waals surface area contributed by atoms with E-state index in [1.807, 2.05) is 0 Å². The number of aryl methyl sites for hydroxylation is 1. The van der Waals surface area contributed by atoms with Gasteiger partial charge in [-0.2, -0.15) is 0 Å². The fourth-order valence-electron chi connectivity index (χ4n) is 0.899. The van der Waals surface area contributed by atoms with Gasteiger partial charge in [0.05, 0.1) is 0 Å². The highest BCUT2D eigenvalue weighted by Gasteiger charge is 2.13. The van der Waals surface area contributed by atoms with Crippen LogP contribution < -0.4 is 0 Å². The molecule has 0 saturated heterocycles. The number of hydrogen-bond acceptors (Lipinski definition) is 3. The van der Waals surface area contributed by atoms with Gasteiger partial charge in [-0.25, -0.2) is 4.57 Å². The molecule has 0 spiro atoms. The molecule has 0 atom stereocenters. The first-order chi connectivity index (χ1) is 5.16. The largest absolute Gasteiger partial charge is 0.358 e. The van der Waals surface area contributed by atoms with E-state index in [2.05, 4.69) is 0 Å². The average molecular weight is 156 g/mol. The second-order valence-electron chi connectivity index (χ2n) is 2.16. The molecule has 11 heavy (non-hydrogen) atoms. The minimum absolute atomic E-state index is 0.0787. The summed E-state index contributed by atoms with van der Waals surface area (Å²) in [4.78, 5) is 9.74. The number of aliphatic hydroxyl groups excluding tert-OH is 1. The molecule has 0 aromatic carbocycles. The number of nitrogens with zero attached hydrogens (tertiary/aromatic N) is 2. The summed E-state index contributed by atoms with van der Waals surface area (Å²) in [5, 5.41) is 19.0. The van der Waals surface area contributed by atoms with Crippen LogP contribution >= 0.6 is 0 Å². The first-order valence-corrected chi connectivity index (χ1v) is 3.08. The molecule has 60 valence electrons. The molecular weight excluding hydrogens is 148 g/mol. The summed E-state index contributed by atoms with van der Waals surface area (Å²) >= 11 is 0. The van der Waals surface area contributed by atoms with Crippen LogP contribution in [0.4, 0.5) is 5.82 Å². The van der Waals surface area contributed by atoms with Gasteiger partial charge >= 0.3 is 5.82 Å². The average Bonchev–Trinajstić information content (AvgIpc) is 2.30. The van der Waals surface area contributed by atoms with Crippen molar-refractivity contribution >= 4 is 5.82 Å². The number of aliphatic hydroxyl groups is 1. The molecule has 0 unspecified atom stereocenters. The zero-order valence-corrected chi connectivity index (χ0v) is 6.02. The summed E-state index contributed by atoms with van der Waals surface area (Å²) in [5.74, 6) is -0.0787. The molecule has 1 aromatic rings. The summed E-state index contributed by atoms with van der Waals surface area (Å²) < 4.78 is 1.22. The Hall–Kier alpha value is -1.36. The molecule has 1 N–H and O–H groups in total. The Morgan fingerprint density at radius 1 is 1.73 bits per heavy atom. The van der Waals surface area contributed by atoms with Gasteiger partial charge in [-0.05, 0) is 17.9 Å². The summed E-state index contributed by atoms with van der Waals surface area (Å²) in [7, 11) is 0. The summed E-state index contributed by atoms with van der Waals surface area (Å²) in [6.07, 6.45) is 0. The quantitative estimate of drug-likeness (QED) is 0.505. The van der Waals surface area contributed by atoms with E-state index >= 15 is 0 Å². The fourth-order valence-corrected chi connectivity index (χ4v) is 0.899. The molecule has 0 fully saturated rings. The molecule has 1 heterocycles. The van der Waals surface area contributed by atoms with E-state index in [-0.39, 0.29) is 12.5 Å². The maximum atomic E-state index is 10.3. The van der Waals surface area contributed by atoms with Crippen LogP contribution in [0.15, 0.2) is 12.1 Å². The van der Waals surface area contributed by atoms with Crippen molar-refractivity contribution in [3.63, 3.8) is 0 Å². The van der Waals surface area contributed by atoms with Crippen molar-refractivity contribution in [2.75, 3.05) is 0 Å². The Balaban J connectivity index is 3.15. The van der Waals surface area contributed by atoms with Gasteiger partial charge in [0.25, 0.3) is 0 Å². The predicted molar refractivity (Wildman–Crippen MR) is 38.0 cm³/mol. The van der Waals surface area contributed by atoms with E-state index in [0.717, 1.165) is 0 Å². The highest BCUT2D eigenvalue weighted by Crippen LogP contribution is 2.14. The van der Waals surface area contributed by atoms with Gasteiger partial charge in [0.1, 0.15) is 5.69 Å². The third kappa shape index (κ3) is 1.22. The van der Waals surface area contributed by atoms with E-state index in [1.54, 1.807) is 13.0 Å². The van der Waals surface area contributed by atoms with E-state index in [1.165, 1.54) is 10.6 Å². The molecule has 5 nitrogen and oxygen atoms in total. The van der Waals surface area contributed by atoms with E-state index in [0.29, 0.717) is 5.69 Å². The molecular formula is C6H8N2O3. The zero-order chi connectivity index (χ0) is 8.43. The lowest BCUT2D eigenvalue weighted by Gasteiger charge is -1.97. The van der Waals surface area contributed by atoms with Crippen LogP contribution in [0.2, 0.25) is 0 Å². The Morgan fingerprint density at radius 3 is 2.73 bits per heavy atom. The summed E-state index contributed by atoms with van der Waals surface area (Å²) in [6, 6.07) is 2.96. The van der Waals surface area contributed by atoms with Crippen LogP contribution in [0.3, 0.4) is 0 Å². The van der Waals surface area contributed by atoms with E-state index in [4.69, 9.17) is 5.11 Å². The molecule has 0 aliphatic carbocycles. The Kier molecular flexibility index (Phi) is 1.91. The first kappa shape index (κ1) is 7.74. The second-order valence-corrected chi connectivity index (χ2v) is 2.16. The van der Waals surface area contributed by atoms with Gasteiger partial charge in [0, 0.05) is 6.07 Å². The fraction of sp³-hybridized carbons (Fsp3) is 0.333. The van der Waals surface area contributed by atoms with E-state index in [9.17, 15) is 10.1 Å². The van der Waals surface area contributed by atoms with Crippen LogP contribution in [0, 0.1) is 17.0 Å². The molecule has 0 aliphatic heterocycles. The van der Waals surface area contributed by atoms with Crippen LogP contribution in [0.25, 0.3) is 0 Å². The first-order valence-electron chi connectivity index (χ1n) is 3.08. The van der Waals surface area contributed by atoms with Crippen molar-refractivity contribution < 1.29 is 10.0 Å². The van der Waals surface area contributed by atoms with E-state index < -0.39 is 4.92 Å². The summed E-state index contributed by atoms with van der Waals surface area (Å²) in [5.41, 5.74) is 0.680. The van der Waals surface area contributed by atoms with Crippen LogP contribution in [0.5, 0.6) is 0 Å². The van der Waals surface area contributed by atoms with Crippen LogP contribution in [-0.4, -0.2) is 14.6 Å². The lowest BCUT2D eigenvalue weighted by molar-refractivity contribution is -0.392. The minimum atomic E-state index is -0.525. The molecule has 1 rings (SSSR count). The lowest BCUT2D eigenvalue weighted by Crippen LogP contribution is -2.03. The Labute approximate surface area is 63.0 Å². The Bertz CT molecular complexity index is 279. The van der Waals surface area contributed by atoms with Crippen molar-refractivity contribution in [3.8, 4) is 0 Å². The number of hydrogen-bond donors (Lipinski definition) is 1. The molecule has 0 aliphatic rings. The van der Waals surface area contributed by atoms with Gasteiger partial charge in [0.2, 0.25) is 0 Å². The van der Waals surface area contributed by atoms with Crippen LogP contribution in [0.1, 0.15) is 5.69 Å². The van der Waals surface area contributed by atoms with Crippen molar-refractivity contribution in [1.82, 2.24) is 4.57 Å². The third-order valence-electron chi connectivity index (χ3n) is 1.50. The SMILES string of the molecule is Cc1ccc([N+](=O)[O-])n1CO. The highest BCUT2D eigenvalue weighted by molar-refractivity contribution is 5.26.